The van der Waals surface area contributed by atoms with Crippen LogP contribution in [0.5, 0.6) is 0 Å². The number of carbonyl (C=O) groups excluding carboxylic acids is 1. The van der Waals surface area contributed by atoms with Crippen LogP contribution in [-0.4, -0.2) is 28.3 Å². The maximum Gasteiger partial charge on any atom is 0.269 e. The molecular weight excluding hydrogens is 204 g/mol. The minimum Gasteiger partial charge on any atom is -0.349 e. The van der Waals surface area contributed by atoms with E-state index in [1.807, 2.05) is 20.8 Å². The summed E-state index contributed by atoms with van der Waals surface area (Å²) >= 11 is 0. The van der Waals surface area contributed by atoms with Gasteiger partial charge in [-0.15, -0.1) is 0 Å². The SMILES string of the molecule is CCC(N)CNC(=O)c1cc(C)nn1CC. The highest BCUT2D eigenvalue weighted by atomic mass is 16.2. The van der Waals surface area contributed by atoms with Crippen LogP contribution in [0.4, 0.5) is 0 Å². The summed E-state index contributed by atoms with van der Waals surface area (Å²) in [5.41, 5.74) is 7.19. The van der Waals surface area contributed by atoms with Crippen LogP contribution in [-0.2, 0) is 6.54 Å². The molecule has 0 bridgehead atoms. The van der Waals surface area contributed by atoms with Crippen LogP contribution in [0.15, 0.2) is 6.07 Å². The van der Waals surface area contributed by atoms with Gasteiger partial charge in [0.05, 0.1) is 5.69 Å². The summed E-state index contributed by atoms with van der Waals surface area (Å²) in [7, 11) is 0. The lowest BCUT2D eigenvalue weighted by Crippen LogP contribution is -2.37. The Morgan fingerprint density at radius 3 is 2.88 bits per heavy atom. The molecule has 5 nitrogen and oxygen atoms in total. The Hall–Kier alpha value is -1.36. The first-order chi connectivity index (χ1) is 7.58. The zero-order valence-corrected chi connectivity index (χ0v) is 10.2. The second-order valence-corrected chi connectivity index (χ2v) is 3.87. The van der Waals surface area contributed by atoms with Crippen molar-refractivity contribution in [3.8, 4) is 0 Å². The molecule has 1 aromatic heterocycles. The Morgan fingerprint density at radius 2 is 2.31 bits per heavy atom. The minimum absolute atomic E-state index is 0.0167. The summed E-state index contributed by atoms with van der Waals surface area (Å²) < 4.78 is 1.70. The predicted molar refractivity (Wildman–Crippen MR) is 63.2 cm³/mol. The van der Waals surface area contributed by atoms with Gasteiger partial charge in [-0.25, -0.2) is 0 Å². The number of carbonyl (C=O) groups is 1. The molecular formula is C11H20N4O. The number of nitrogens with two attached hydrogens (primary N) is 1. The van der Waals surface area contributed by atoms with Crippen molar-refractivity contribution in [2.24, 2.45) is 5.73 Å². The van der Waals surface area contributed by atoms with Gasteiger partial charge in [-0.3, -0.25) is 9.48 Å². The molecule has 1 aromatic rings. The van der Waals surface area contributed by atoms with E-state index in [1.165, 1.54) is 0 Å². The van der Waals surface area contributed by atoms with E-state index in [0.717, 1.165) is 12.1 Å². The molecule has 0 aliphatic rings. The predicted octanol–water partition coefficient (Wildman–Crippen LogP) is 0.679. The first-order valence-electron chi connectivity index (χ1n) is 5.66. The second kappa shape index (κ2) is 5.65. The van der Waals surface area contributed by atoms with Gasteiger partial charge in [-0.2, -0.15) is 5.10 Å². The fourth-order valence-electron chi connectivity index (χ4n) is 1.43. The van der Waals surface area contributed by atoms with Crippen molar-refractivity contribution in [1.82, 2.24) is 15.1 Å². The molecule has 0 aliphatic heterocycles. The van der Waals surface area contributed by atoms with Crippen molar-refractivity contribution < 1.29 is 4.79 Å². The summed E-state index contributed by atoms with van der Waals surface area (Å²) in [6, 6.07) is 1.80. The molecule has 0 radical (unpaired) electrons. The summed E-state index contributed by atoms with van der Waals surface area (Å²) in [6.45, 7) is 7.03. The lowest BCUT2D eigenvalue weighted by Gasteiger charge is -2.10. The quantitative estimate of drug-likeness (QED) is 0.772. The topological polar surface area (TPSA) is 72.9 Å². The average Bonchev–Trinajstić information content (AvgIpc) is 2.66. The van der Waals surface area contributed by atoms with Crippen molar-refractivity contribution in [1.29, 1.82) is 0 Å². The second-order valence-electron chi connectivity index (χ2n) is 3.87. The monoisotopic (exact) mass is 224 g/mol. The number of aryl methyl sites for hydroxylation is 2. The van der Waals surface area contributed by atoms with E-state index < -0.39 is 0 Å². The normalized spacial score (nSPS) is 12.5. The van der Waals surface area contributed by atoms with Gasteiger partial charge in [-0.1, -0.05) is 6.92 Å². The zero-order chi connectivity index (χ0) is 12.1. The average molecular weight is 224 g/mol. The van der Waals surface area contributed by atoms with E-state index in [4.69, 9.17) is 5.73 Å². The minimum atomic E-state index is -0.105. The summed E-state index contributed by atoms with van der Waals surface area (Å²) in [5.74, 6) is -0.105. The van der Waals surface area contributed by atoms with Gasteiger partial charge in [0.2, 0.25) is 0 Å². The van der Waals surface area contributed by atoms with Crippen LogP contribution >= 0.6 is 0 Å². The number of hydrogen-bond acceptors (Lipinski definition) is 3. The lowest BCUT2D eigenvalue weighted by molar-refractivity contribution is 0.0940. The third-order valence-electron chi connectivity index (χ3n) is 2.48. The molecule has 0 aromatic carbocycles. The van der Waals surface area contributed by atoms with Gasteiger partial charge in [0.25, 0.3) is 5.91 Å². The van der Waals surface area contributed by atoms with Crippen LogP contribution in [0.25, 0.3) is 0 Å². The molecule has 5 heteroatoms. The Balaban J connectivity index is 2.65. The lowest BCUT2D eigenvalue weighted by atomic mass is 10.2. The number of rotatable bonds is 5. The molecule has 0 spiro atoms. The molecule has 90 valence electrons. The molecule has 1 heterocycles. The third-order valence-corrected chi connectivity index (χ3v) is 2.48. The maximum atomic E-state index is 11.8. The number of amides is 1. The fourth-order valence-corrected chi connectivity index (χ4v) is 1.43. The van der Waals surface area contributed by atoms with E-state index in [-0.39, 0.29) is 11.9 Å². The maximum absolute atomic E-state index is 11.8. The van der Waals surface area contributed by atoms with Gasteiger partial charge in [0.15, 0.2) is 0 Å². The Labute approximate surface area is 96.0 Å². The molecule has 1 amide bonds. The molecule has 0 saturated heterocycles. The van der Waals surface area contributed by atoms with Crippen molar-refractivity contribution in [2.45, 2.75) is 39.8 Å². The van der Waals surface area contributed by atoms with Crippen LogP contribution < -0.4 is 11.1 Å². The standard InChI is InChI=1S/C11H20N4O/c1-4-9(12)7-13-11(16)10-6-8(3)14-15(10)5-2/h6,9H,4-5,7,12H2,1-3H3,(H,13,16). The summed E-state index contributed by atoms with van der Waals surface area (Å²) in [5, 5.41) is 7.03. The molecule has 0 aliphatic carbocycles. The van der Waals surface area contributed by atoms with Crippen molar-refractivity contribution in [3.05, 3.63) is 17.5 Å². The summed E-state index contributed by atoms with van der Waals surface area (Å²) in [6.07, 6.45) is 0.854. The van der Waals surface area contributed by atoms with Gasteiger partial charge in [0, 0.05) is 19.1 Å². The highest BCUT2D eigenvalue weighted by Crippen LogP contribution is 2.03. The third kappa shape index (κ3) is 3.06. The molecule has 1 rings (SSSR count). The van der Waals surface area contributed by atoms with Crippen molar-refractivity contribution in [2.75, 3.05) is 6.54 Å². The molecule has 0 saturated carbocycles. The molecule has 1 unspecified atom stereocenters. The molecule has 1 atom stereocenters. The van der Waals surface area contributed by atoms with Gasteiger partial charge < -0.3 is 11.1 Å². The van der Waals surface area contributed by atoms with Crippen LogP contribution in [0.1, 0.15) is 36.5 Å². The van der Waals surface area contributed by atoms with Crippen LogP contribution in [0.3, 0.4) is 0 Å². The molecule has 3 N–H and O–H groups in total. The van der Waals surface area contributed by atoms with E-state index in [9.17, 15) is 4.79 Å². The molecule has 0 fully saturated rings. The van der Waals surface area contributed by atoms with Gasteiger partial charge in [-0.05, 0) is 26.3 Å². The van der Waals surface area contributed by atoms with E-state index in [2.05, 4.69) is 10.4 Å². The largest absolute Gasteiger partial charge is 0.349 e. The number of nitrogens with zero attached hydrogens (tertiary/aromatic N) is 2. The first-order valence-corrected chi connectivity index (χ1v) is 5.66. The van der Waals surface area contributed by atoms with E-state index in [1.54, 1.807) is 10.7 Å². The fraction of sp³-hybridized carbons (Fsp3) is 0.636. The Kier molecular flexibility index (Phi) is 4.49. The highest BCUT2D eigenvalue weighted by Gasteiger charge is 2.13. The highest BCUT2D eigenvalue weighted by molar-refractivity contribution is 5.92. The van der Waals surface area contributed by atoms with Gasteiger partial charge in [0.1, 0.15) is 5.69 Å². The number of hydrogen-bond donors (Lipinski definition) is 2. The smallest absolute Gasteiger partial charge is 0.269 e. The van der Waals surface area contributed by atoms with E-state index >= 15 is 0 Å². The van der Waals surface area contributed by atoms with E-state index in [0.29, 0.717) is 18.8 Å². The first kappa shape index (κ1) is 12.7. The van der Waals surface area contributed by atoms with Gasteiger partial charge >= 0.3 is 0 Å². The Morgan fingerprint density at radius 1 is 1.62 bits per heavy atom. The van der Waals surface area contributed by atoms with Crippen molar-refractivity contribution in [3.63, 3.8) is 0 Å². The number of aromatic nitrogens is 2. The Bertz CT molecular complexity index is 359. The van der Waals surface area contributed by atoms with Crippen LogP contribution in [0, 0.1) is 6.92 Å². The zero-order valence-electron chi connectivity index (χ0n) is 10.2. The molecule has 16 heavy (non-hydrogen) atoms. The van der Waals surface area contributed by atoms with Crippen molar-refractivity contribution >= 4 is 5.91 Å². The summed E-state index contributed by atoms with van der Waals surface area (Å²) in [4.78, 5) is 11.8. The van der Waals surface area contributed by atoms with Crippen LogP contribution in [0.2, 0.25) is 0 Å². The number of nitrogens with one attached hydrogen (secondary N) is 1.